The molecule has 1 aromatic heterocycles. The van der Waals surface area contributed by atoms with Gasteiger partial charge in [-0.2, -0.15) is 0 Å². The second kappa shape index (κ2) is 7.22. The lowest BCUT2D eigenvalue weighted by Crippen LogP contribution is -2.34. The number of para-hydroxylation sites is 1. The molecule has 0 amide bonds. The van der Waals surface area contributed by atoms with Gasteiger partial charge in [0.25, 0.3) is 0 Å². The number of benzene rings is 2. The first-order valence-electron chi connectivity index (χ1n) is 10.4. The van der Waals surface area contributed by atoms with Crippen molar-refractivity contribution in [3.05, 3.63) is 77.4 Å². The maximum absolute atomic E-state index is 13.6. The Bertz CT molecular complexity index is 1280. The minimum Gasteiger partial charge on any atom is -0.493 e. The van der Waals surface area contributed by atoms with E-state index in [4.69, 9.17) is 14.2 Å². The summed E-state index contributed by atoms with van der Waals surface area (Å²) >= 11 is 0. The van der Waals surface area contributed by atoms with Crippen molar-refractivity contribution in [1.29, 1.82) is 0 Å². The number of carbonyl (C=O) groups excluding carboxylic acids is 2. The largest absolute Gasteiger partial charge is 0.493 e. The highest BCUT2D eigenvalue weighted by molar-refractivity contribution is 6.12. The van der Waals surface area contributed by atoms with Crippen LogP contribution < -0.4 is 4.74 Å². The molecule has 2 aromatic carbocycles. The molecule has 0 spiro atoms. The fourth-order valence-electron chi connectivity index (χ4n) is 4.14. The van der Waals surface area contributed by atoms with E-state index in [1.807, 2.05) is 45.0 Å². The summed E-state index contributed by atoms with van der Waals surface area (Å²) in [6, 6.07) is 11.4. The van der Waals surface area contributed by atoms with Gasteiger partial charge < -0.3 is 14.2 Å². The highest BCUT2D eigenvalue weighted by atomic mass is 19.1. The summed E-state index contributed by atoms with van der Waals surface area (Å²) in [6.07, 6.45) is 2.05. The molecule has 0 aliphatic carbocycles. The zero-order valence-corrected chi connectivity index (χ0v) is 17.9. The van der Waals surface area contributed by atoms with Crippen molar-refractivity contribution in [2.24, 2.45) is 0 Å². The van der Waals surface area contributed by atoms with Crippen LogP contribution in [0, 0.1) is 5.82 Å². The van der Waals surface area contributed by atoms with Crippen molar-refractivity contribution >= 4 is 22.8 Å². The van der Waals surface area contributed by atoms with Crippen molar-refractivity contribution < 1.29 is 28.2 Å². The third kappa shape index (κ3) is 3.43. The van der Waals surface area contributed by atoms with Crippen molar-refractivity contribution in [1.82, 2.24) is 4.57 Å². The molecule has 3 aromatic rings. The van der Waals surface area contributed by atoms with Crippen LogP contribution in [-0.2, 0) is 9.47 Å². The molecule has 2 aliphatic rings. The molecule has 5 rings (SSSR count). The summed E-state index contributed by atoms with van der Waals surface area (Å²) in [4.78, 5) is 25.6. The SMILES string of the molecule is CC(C)(C)OC(=O)n1cc([C@H]2C[C@@H]3Oc4ccc(F)cc4C(=O)C3=CO2)c2ccccc21. The lowest BCUT2D eigenvalue weighted by Gasteiger charge is -2.33. The molecular weight excluding hydrogens is 413 g/mol. The van der Waals surface area contributed by atoms with Gasteiger partial charge in [-0.3, -0.25) is 9.36 Å². The quantitative estimate of drug-likeness (QED) is 0.501. The molecule has 0 N–H and O–H groups in total. The minimum atomic E-state index is -0.634. The number of nitrogens with zero attached hydrogens (tertiary/aromatic N) is 1. The van der Waals surface area contributed by atoms with Gasteiger partial charge in [-0.25, -0.2) is 9.18 Å². The molecule has 7 heteroatoms. The third-order valence-electron chi connectivity index (χ3n) is 5.53. The van der Waals surface area contributed by atoms with Gasteiger partial charge in [-0.05, 0) is 45.0 Å². The van der Waals surface area contributed by atoms with Gasteiger partial charge in [-0.1, -0.05) is 18.2 Å². The predicted octanol–water partition coefficient (Wildman–Crippen LogP) is 5.55. The molecule has 164 valence electrons. The lowest BCUT2D eigenvalue weighted by molar-refractivity contribution is 0.0531. The van der Waals surface area contributed by atoms with Crippen LogP contribution >= 0.6 is 0 Å². The van der Waals surface area contributed by atoms with Crippen molar-refractivity contribution in [3.63, 3.8) is 0 Å². The highest BCUT2D eigenvalue weighted by Gasteiger charge is 2.38. The Morgan fingerprint density at radius 2 is 1.94 bits per heavy atom. The van der Waals surface area contributed by atoms with Gasteiger partial charge in [0.1, 0.15) is 29.4 Å². The second-order valence-corrected chi connectivity index (χ2v) is 8.96. The van der Waals surface area contributed by atoms with E-state index in [0.717, 1.165) is 10.9 Å². The Kier molecular flexibility index (Phi) is 4.58. The normalized spacial score (nSPS) is 20.0. The van der Waals surface area contributed by atoms with E-state index in [-0.39, 0.29) is 11.3 Å². The fraction of sp³-hybridized carbons (Fsp3) is 0.280. The number of Topliss-reactive ketones (excluding diaryl/α,β-unsaturated/α-hetero) is 1. The number of hydrogen-bond acceptors (Lipinski definition) is 5. The maximum atomic E-state index is 13.6. The van der Waals surface area contributed by atoms with Crippen LogP contribution in [0.25, 0.3) is 10.9 Å². The first-order chi connectivity index (χ1) is 15.2. The number of halogens is 1. The number of ketones is 1. The standard InChI is InChI=1S/C25H22FNO5/c1-25(2,3)32-24(29)27-12-17(15-6-4-5-7-19(15)27)21-11-22-18(13-30-21)23(28)16-10-14(26)8-9-20(16)31-22/h4-10,12-13,21-22H,11H2,1-3H3/t21-,22+/m1/s1. The Labute approximate surface area is 184 Å². The van der Waals surface area contributed by atoms with Crippen molar-refractivity contribution in [2.75, 3.05) is 0 Å². The smallest absolute Gasteiger partial charge is 0.419 e. The Morgan fingerprint density at radius 1 is 1.16 bits per heavy atom. The summed E-state index contributed by atoms with van der Waals surface area (Å²) in [5, 5.41) is 0.852. The summed E-state index contributed by atoms with van der Waals surface area (Å²) < 4.78 is 32.6. The number of ether oxygens (including phenoxy) is 3. The Morgan fingerprint density at radius 3 is 2.72 bits per heavy atom. The van der Waals surface area contributed by atoms with Crippen LogP contribution in [0.1, 0.15) is 49.2 Å². The summed E-state index contributed by atoms with van der Waals surface area (Å²) in [5.41, 5.74) is 1.41. The lowest BCUT2D eigenvalue weighted by atomic mass is 9.89. The summed E-state index contributed by atoms with van der Waals surface area (Å²) in [5.74, 6) is -0.440. The molecule has 0 radical (unpaired) electrons. The number of rotatable bonds is 1. The fourth-order valence-corrected chi connectivity index (χ4v) is 4.14. The van der Waals surface area contributed by atoms with Crippen molar-refractivity contribution in [3.8, 4) is 5.75 Å². The van der Waals surface area contributed by atoms with Gasteiger partial charge in [-0.15, -0.1) is 0 Å². The van der Waals surface area contributed by atoms with E-state index in [0.29, 0.717) is 23.3 Å². The highest BCUT2D eigenvalue weighted by Crippen LogP contribution is 2.41. The zero-order valence-electron chi connectivity index (χ0n) is 17.9. The zero-order chi connectivity index (χ0) is 22.6. The number of fused-ring (bicyclic) bond motifs is 3. The van der Waals surface area contributed by atoms with Gasteiger partial charge in [0.05, 0.1) is 22.9 Å². The van der Waals surface area contributed by atoms with E-state index >= 15 is 0 Å². The first-order valence-corrected chi connectivity index (χ1v) is 10.4. The van der Waals surface area contributed by atoms with E-state index in [1.165, 1.54) is 29.0 Å². The monoisotopic (exact) mass is 435 g/mol. The molecule has 0 saturated heterocycles. The predicted molar refractivity (Wildman–Crippen MR) is 115 cm³/mol. The molecule has 2 aliphatic heterocycles. The van der Waals surface area contributed by atoms with Crippen LogP contribution in [-0.4, -0.2) is 28.1 Å². The topological polar surface area (TPSA) is 66.8 Å². The second-order valence-electron chi connectivity index (χ2n) is 8.96. The number of hydrogen-bond donors (Lipinski definition) is 0. The molecule has 0 saturated carbocycles. The molecule has 3 heterocycles. The van der Waals surface area contributed by atoms with Gasteiger partial charge in [0, 0.05) is 23.6 Å². The average Bonchev–Trinajstić information content (AvgIpc) is 3.13. The van der Waals surface area contributed by atoms with Crippen LogP contribution in [0.2, 0.25) is 0 Å². The van der Waals surface area contributed by atoms with E-state index in [2.05, 4.69) is 0 Å². The van der Waals surface area contributed by atoms with E-state index in [9.17, 15) is 14.0 Å². The van der Waals surface area contributed by atoms with Crippen LogP contribution in [0.4, 0.5) is 9.18 Å². The van der Waals surface area contributed by atoms with Crippen LogP contribution in [0.3, 0.4) is 0 Å². The van der Waals surface area contributed by atoms with E-state index in [1.54, 1.807) is 6.20 Å². The van der Waals surface area contributed by atoms with Gasteiger partial charge in [0.2, 0.25) is 0 Å². The minimum absolute atomic E-state index is 0.191. The Hall–Kier alpha value is -3.61. The Balaban J connectivity index is 1.50. The number of carbonyl (C=O) groups is 2. The maximum Gasteiger partial charge on any atom is 0.419 e. The van der Waals surface area contributed by atoms with Crippen LogP contribution in [0.15, 0.2) is 60.5 Å². The molecule has 0 unspecified atom stereocenters. The number of aromatic nitrogens is 1. The first kappa shape index (κ1) is 20.3. The van der Waals surface area contributed by atoms with Crippen LogP contribution in [0.5, 0.6) is 5.75 Å². The molecule has 6 nitrogen and oxygen atoms in total. The van der Waals surface area contributed by atoms with E-state index < -0.39 is 29.7 Å². The molecule has 0 fully saturated rings. The van der Waals surface area contributed by atoms with Gasteiger partial charge in [0.15, 0.2) is 5.78 Å². The molecule has 32 heavy (non-hydrogen) atoms. The molecule has 0 bridgehead atoms. The third-order valence-corrected chi connectivity index (χ3v) is 5.53. The summed E-state index contributed by atoms with van der Waals surface area (Å²) in [7, 11) is 0. The average molecular weight is 435 g/mol. The summed E-state index contributed by atoms with van der Waals surface area (Å²) in [6.45, 7) is 5.44. The van der Waals surface area contributed by atoms with Gasteiger partial charge >= 0.3 is 6.09 Å². The van der Waals surface area contributed by atoms with Crippen molar-refractivity contribution in [2.45, 2.75) is 45.0 Å². The molecule has 2 atom stereocenters. The molecular formula is C25H22FNO5.